The van der Waals surface area contributed by atoms with Crippen molar-refractivity contribution in [2.45, 2.75) is 51.9 Å². The minimum absolute atomic E-state index is 0.118. The highest BCUT2D eigenvalue weighted by molar-refractivity contribution is 7.60. The second-order valence-electron chi connectivity index (χ2n) is 6.32. The molecule has 0 atom stereocenters. The lowest BCUT2D eigenvalue weighted by Gasteiger charge is -2.41. The van der Waals surface area contributed by atoms with E-state index >= 15 is 0 Å². The van der Waals surface area contributed by atoms with Crippen LogP contribution in [0.3, 0.4) is 0 Å². The van der Waals surface area contributed by atoms with Gasteiger partial charge in [-0.05, 0) is 22.4 Å². The van der Waals surface area contributed by atoms with E-state index in [1.165, 1.54) is 0 Å². The summed E-state index contributed by atoms with van der Waals surface area (Å²) >= 11 is 0. The third kappa shape index (κ3) is 4.63. The normalized spacial score (nSPS) is 12.9. The van der Waals surface area contributed by atoms with Gasteiger partial charge in [-0.15, -0.1) is 0 Å². The van der Waals surface area contributed by atoms with Gasteiger partial charge < -0.3 is 5.32 Å². The van der Waals surface area contributed by atoms with Crippen LogP contribution in [0.2, 0.25) is 0 Å². The molecule has 0 radical (unpaired) electrons. The molecule has 2 nitrogen and oxygen atoms in total. The van der Waals surface area contributed by atoms with Gasteiger partial charge in [-0.3, -0.25) is 0 Å². The van der Waals surface area contributed by atoms with Crippen molar-refractivity contribution in [3.8, 4) is 0 Å². The molecule has 0 aliphatic rings. The van der Waals surface area contributed by atoms with Crippen molar-refractivity contribution in [2.75, 3.05) is 11.6 Å². The minimum Gasteiger partial charge on any atom is -0.366 e. The maximum absolute atomic E-state index is 4.31. The zero-order valence-electron chi connectivity index (χ0n) is 11.9. The Kier molecular flexibility index (Phi) is 4.55. The fraction of sp³-hybridized carbons (Fsp3) is 0.643. The lowest BCUT2D eigenvalue weighted by Crippen LogP contribution is -2.28. The summed E-state index contributed by atoms with van der Waals surface area (Å²) in [4.78, 5) is 4.31. The number of anilines is 1. The van der Waals surface area contributed by atoms with Crippen LogP contribution < -0.4 is 5.32 Å². The van der Waals surface area contributed by atoms with Crippen molar-refractivity contribution < 1.29 is 0 Å². The first-order valence-electron chi connectivity index (χ1n) is 6.14. The quantitative estimate of drug-likeness (QED) is 0.799. The van der Waals surface area contributed by atoms with Gasteiger partial charge in [0.15, 0.2) is 0 Å². The average molecular weight is 252 g/mol. The Morgan fingerprint density at radius 1 is 1.06 bits per heavy atom. The molecule has 0 fully saturated rings. The van der Waals surface area contributed by atoms with Crippen LogP contribution in [0.5, 0.6) is 0 Å². The summed E-state index contributed by atoms with van der Waals surface area (Å²) in [5.41, 5.74) is 0. The maximum atomic E-state index is 4.31. The Morgan fingerprint density at radius 3 is 2.06 bits per heavy atom. The number of aromatic nitrogens is 1. The van der Waals surface area contributed by atoms with Crippen LogP contribution in [0.25, 0.3) is 0 Å². The molecule has 1 N–H and O–H groups in total. The predicted octanol–water partition coefficient (Wildman–Crippen LogP) is 4.53. The lowest BCUT2D eigenvalue weighted by atomic mass is 10.2. The first-order valence-corrected chi connectivity index (χ1v) is 7.66. The minimum atomic E-state index is -0.118. The van der Waals surface area contributed by atoms with Gasteiger partial charge in [-0.1, -0.05) is 55.5 Å². The highest BCUT2D eigenvalue weighted by Crippen LogP contribution is 2.58. The summed E-state index contributed by atoms with van der Waals surface area (Å²) in [6.45, 7) is 14.0. The van der Waals surface area contributed by atoms with Crippen molar-refractivity contribution in [2.24, 2.45) is 0 Å². The highest BCUT2D eigenvalue weighted by atomic mass is 31.1. The summed E-state index contributed by atoms with van der Waals surface area (Å²) < 4.78 is 0. The Balaban J connectivity index is 2.70. The van der Waals surface area contributed by atoms with E-state index in [2.05, 4.69) is 51.8 Å². The van der Waals surface area contributed by atoms with Gasteiger partial charge >= 0.3 is 0 Å². The van der Waals surface area contributed by atoms with Crippen LogP contribution in [-0.4, -0.2) is 21.6 Å². The number of nitrogens with one attached hydrogen (secondary N) is 1. The van der Waals surface area contributed by atoms with E-state index in [0.29, 0.717) is 10.3 Å². The SMILES string of the molecule is CC(C)(C)P(CNc1ccccn1)C(C)(C)C. The average Bonchev–Trinajstić information content (AvgIpc) is 2.15. The van der Waals surface area contributed by atoms with Crippen LogP contribution in [0, 0.1) is 0 Å². The number of hydrogen-bond donors (Lipinski definition) is 1. The molecular formula is C14H25N2P. The van der Waals surface area contributed by atoms with Gasteiger partial charge in [0.05, 0.1) is 0 Å². The number of nitrogens with zero attached hydrogens (tertiary/aromatic N) is 1. The lowest BCUT2D eigenvalue weighted by molar-refractivity contribution is 0.705. The molecule has 1 aromatic rings. The molecule has 0 bridgehead atoms. The van der Waals surface area contributed by atoms with Crippen LogP contribution in [-0.2, 0) is 0 Å². The third-order valence-electron chi connectivity index (χ3n) is 2.70. The van der Waals surface area contributed by atoms with E-state index in [1.54, 1.807) is 0 Å². The molecule has 0 spiro atoms. The van der Waals surface area contributed by atoms with E-state index in [0.717, 1.165) is 12.1 Å². The topological polar surface area (TPSA) is 24.9 Å². The molecule has 96 valence electrons. The molecule has 1 aromatic heterocycles. The molecule has 0 unspecified atom stereocenters. The van der Waals surface area contributed by atoms with Crippen molar-refractivity contribution >= 4 is 13.7 Å². The number of hydrogen-bond acceptors (Lipinski definition) is 2. The molecule has 17 heavy (non-hydrogen) atoms. The summed E-state index contributed by atoms with van der Waals surface area (Å²) in [5, 5.41) is 4.19. The smallest absolute Gasteiger partial charge is 0.126 e. The summed E-state index contributed by atoms with van der Waals surface area (Å²) in [6, 6.07) is 5.99. The second-order valence-corrected chi connectivity index (χ2v) is 10.2. The largest absolute Gasteiger partial charge is 0.366 e. The molecule has 0 aromatic carbocycles. The van der Waals surface area contributed by atoms with E-state index < -0.39 is 0 Å². The van der Waals surface area contributed by atoms with E-state index in [1.807, 2.05) is 24.4 Å². The predicted molar refractivity (Wildman–Crippen MR) is 79.2 cm³/mol. The van der Waals surface area contributed by atoms with Crippen LogP contribution in [0.4, 0.5) is 5.82 Å². The molecule has 0 amide bonds. The molecule has 1 heterocycles. The summed E-state index contributed by atoms with van der Waals surface area (Å²) in [6.07, 6.45) is 2.86. The van der Waals surface area contributed by atoms with E-state index in [-0.39, 0.29) is 7.92 Å². The van der Waals surface area contributed by atoms with Crippen molar-refractivity contribution in [1.82, 2.24) is 4.98 Å². The molecule has 0 saturated carbocycles. The molecular weight excluding hydrogens is 227 g/mol. The third-order valence-corrected chi connectivity index (χ3v) is 6.42. The molecule has 0 aliphatic heterocycles. The van der Waals surface area contributed by atoms with Crippen LogP contribution in [0.1, 0.15) is 41.5 Å². The molecule has 0 aliphatic carbocycles. The molecule has 3 heteroatoms. The second kappa shape index (κ2) is 5.35. The summed E-state index contributed by atoms with van der Waals surface area (Å²) in [5.74, 6) is 0.980. The zero-order valence-corrected chi connectivity index (χ0v) is 12.8. The van der Waals surface area contributed by atoms with Crippen molar-refractivity contribution in [1.29, 1.82) is 0 Å². The van der Waals surface area contributed by atoms with Gasteiger partial charge in [0.25, 0.3) is 0 Å². The van der Waals surface area contributed by atoms with Crippen LogP contribution in [0.15, 0.2) is 24.4 Å². The molecule has 0 saturated heterocycles. The Morgan fingerprint density at radius 2 is 1.65 bits per heavy atom. The first kappa shape index (κ1) is 14.4. The number of rotatable bonds is 3. The van der Waals surface area contributed by atoms with E-state index in [4.69, 9.17) is 0 Å². The van der Waals surface area contributed by atoms with Gasteiger partial charge in [0.2, 0.25) is 0 Å². The van der Waals surface area contributed by atoms with E-state index in [9.17, 15) is 0 Å². The van der Waals surface area contributed by atoms with Gasteiger partial charge in [-0.25, -0.2) is 4.98 Å². The van der Waals surface area contributed by atoms with Crippen LogP contribution >= 0.6 is 7.92 Å². The Hall–Kier alpha value is -0.620. The van der Waals surface area contributed by atoms with Crippen molar-refractivity contribution in [3.05, 3.63) is 24.4 Å². The zero-order chi connectivity index (χ0) is 13.1. The summed E-state index contributed by atoms with van der Waals surface area (Å²) in [7, 11) is -0.118. The molecule has 1 rings (SSSR count). The van der Waals surface area contributed by atoms with Gasteiger partial charge in [0.1, 0.15) is 5.82 Å². The fourth-order valence-electron chi connectivity index (χ4n) is 2.11. The fourth-order valence-corrected chi connectivity index (χ4v) is 5.39. The Labute approximate surface area is 107 Å². The van der Waals surface area contributed by atoms with Crippen molar-refractivity contribution in [3.63, 3.8) is 0 Å². The maximum Gasteiger partial charge on any atom is 0.126 e. The monoisotopic (exact) mass is 252 g/mol. The first-order chi connectivity index (χ1) is 7.71. The highest BCUT2D eigenvalue weighted by Gasteiger charge is 2.33. The Bertz CT molecular complexity index is 321. The number of pyridine rings is 1. The standard InChI is InChI=1S/C14H25N2P/c1-13(2,3)17(14(4,5)6)11-16-12-9-7-8-10-15-12/h7-10H,11H2,1-6H3,(H,15,16). The van der Waals surface area contributed by atoms with Gasteiger partial charge in [0, 0.05) is 12.5 Å². The van der Waals surface area contributed by atoms with Gasteiger partial charge in [-0.2, -0.15) is 0 Å².